The molecule has 2 aromatic rings. The summed E-state index contributed by atoms with van der Waals surface area (Å²) in [6, 6.07) is 13.3. The van der Waals surface area contributed by atoms with Gasteiger partial charge in [0.1, 0.15) is 6.10 Å². The molecule has 2 heterocycles. The van der Waals surface area contributed by atoms with Crippen LogP contribution >= 0.6 is 12.2 Å². The zero-order chi connectivity index (χ0) is 22.5. The SMILES string of the molecule is O=C1OC2Cc3ccccc3C2N1C1CCN(C(=S)Nc2ccccc2C(F)(F)F)CC1. The van der Waals surface area contributed by atoms with Crippen molar-refractivity contribution >= 4 is 29.1 Å². The van der Waals surface area contributed by atoms with E-state index in [0.717, 1.165) is 18.1 Å². The summed E-state index contributed by atoms with van der Waals surface area (Å²) in [4.78, 5) is 16.4. The minimum absolute atomic E-state index is 0.00478. The zero-order valence-corrected chi connectivity index (χ0v) is 18.0. The average molecular weight is 462 g/mol. The van der Waals surface area contributed by atoms with Crippen molar-refractivity contribution in [1.29, 1.82) is 0 Å². The largest absolute Gasteiger partial charge is 0.443 e. The molecule has 5 nitrogen and oxygen atoms in total. The number of thiocarbonyl (C=S) groups is 1. The summed E-state index contributed by atoms with van der Waals surface area (Å²) in [6.07, 6.45) is -2.83. The fraction of sp³-hybridized carbons (Fsp3) is 0.391. The molecule has 0 aromatic heterocycles. The van der Waals surface area contributed by atoms with Crippen LogP contribution in [0.2, 0.25) is 0 Å². The fourth-order valence-corrected chi connectivity index (χ4v) is 5.33. The van der Waals surface area contributed by atoms with Crippen molar-refractivity contribution in [2.45, 2.75) is 43.6 Å². The zero-order valence-electron chi connectivity index (χ0n) is 17.1. The minimum Gasteiger partial charge on any atom is -0.443 e. The lowest BCUT2D eigenvalue weighted by molar-refractivity contribution is -0.136. The molecule has 32 heavy (non-hydrogen) atoms. The van der Waals surface area contributed by atoms with Crippen LogP contribution in [0.1, 0.15) is 35.6 Å². The third kappa shape index (κ3) is 3.68. The normalized spacial score (nSPS) is 23.0. The molecule has 1 amide bonds. The number of nitrogens with one attached hydrogen (secondary N) is 1. The Morgan fingerprint density at radius 3 is 2.50 bits per heavy atom. The number of alkyl halides is 3. The van der Waals surface area contributed by atoms with Crippen LogP contribution in [0, 0.1) is 0 Å². The van der Waals surface area contributed by atoms with Gasteiger partial charge in [-0.2, -0.15) is 13.2 Å². The molecule has 3 aliphatic rings. The second kappa shape index (κ2) is 7.95. The van der Waals surface area contributed by atoms with Gasteiger partial charge in [0.25, 0.3) is 0 Å². The standard InChI is InChI=1S/C23H22F3N3O2S/c24-23(25,26)17-7-3-4-8-18(17)27-21(32)28-11-9-15(10-12-28)29-20-16-6-2-1-5-14(16)13-19(20)31-22(29)30/h1-8,15,19-20H,9-13H2,(H,27,32). The summed E-state index contributed by atoms with van der Waals surface area (Å²) in [5, 5.41) is 3.02. The number of likely N-dealkylation sites (tertiary alicyclic amines) is 1. The Bertz CT molecular complexity index is 1050. The van der Waals surface area contributed by atoms with E-state index in [-0.39, 0.29) is 35.1 Å². The number of para-hydroxylation sites is 1. The Morgan fingerprint density at radius 1 is 1.06 bits per heavy atom. The van der Waals surface area contributed by atoms with E-state index in [2.05, 4.69) is 17.4 Å². The Labute approximate surface area is 189 Å². The molecule has 2 unspecified atom stereocenters. The molecule has 168 valence electrons. The summed E-state index contributed by atoms with van der Waals surface area (Å²) >= 11 is 5.40. The number of rotatable bonds is 2. The molecule has 2 saturated heterocycles. The van der Waals surface area contributed by atoms with E-state index in [1.54, 1.807) is 6.07 Å². The smallest absolute Gasteiger partial charge is 0.418 e. The molecule has 2 atom stereocenters. The highest BCUT2D eigenvalue weighted by Crippen LogP contribution is 2.44. The predicted molar refractivity (Wildman–Crippen MR) is 117 cm³/mol. The van der Waals surface area contributed by atoms with E-state index in [4.69, 9.17) is 17.0 Å². The average Bonchev–Trinajstić information content (AvgIpc) is 3.27. The molecule has 2 aliphatic heterocycles. The number of carbonyl (C=O) groups excluding carboxylic acids is 1. The Balaban J connectivity index is 1.25. The van der Waals surface area contributed by atoms with Crippen LogP contribution in [0.25, 0.3) is 0 Å². The number of nitrogens with zero attached hydrogens (tertiary/aromatic N) is 2. The fourth-order valence-electron chi connectivity index (χ4n) is 5.03. The van der Waals surface area contributed by atoms with Gasteiger partial charge in [-0.25, -0.2) is 4.79 Å². The molecule has 0 radical (unpaired) electrons. The molecule has 1 N–H and O–H groups in total. The first-order chi connectivity index (χ1) is 15.3. The highest BCUT2D eigenvalue weighted by Gasteiger charge is 2.50. The summed E-state index contributed by atoms with van der Waals surface area (Å²) in [5.74, 6) is 0. The van der Waals surface area contributed by atoms with E-state index >= 15 is 0 Å². The highest BCUT2D eigenvalue weighted by atomic mass is 32.1. The van der Waals surface area contributed by atoms with Crippen molar-refractivity contribution in [3.8, 4) is 0 Å². The van der Waals surface area contributed by atoms with Crippen LogP contribution in [0.4, 0.5) is 23.7 Å². The molecule has 5 rings (SSSR count). The Morgan fingerprint density at radius 2 is 1.75 bits per heavy atom. The number of amides is 1. The van der Waals surface area contributed by atoms with E-state index in [1.165, 1.54) is 17.7 Å². The number of halogens is 3. The minimum atomic E-state index is -4.46. The van der Waals surface area contributed by atoms with Crippen LogP contribution in [-0.4, -0.2) is 46.2 Å². The first kappa shape index (κ1) is 21.1. The molecular weight excluding hydrogens is 439 g/mol. The van der Waals surface area contributed by atoms with Gasteiger partial charge in [-0.15, -0.1) is 0 Å². The van der Waals surface area contributed by atoms with Gasteiger partial charge in [0.15, 0.2) is 5.11 Å². The third-order valence-corrected chi connectivity index (χ3v) is 6.89. The molecule has 1 aliphatic carbocycles. The van der Waals surface area contributed by atoms with Crippen molar-refractivity contribution in [2.24, 2.45) is 0 Å². The van der Waals surface area contributed by atoms with Gasteiger partial charge in [-0.3, -0.25) is 4.90 Å². The number of benzene rings is 2. The van der Waals surface area contributed by atoms with Crippen molar-refractivity contribution in [2.75, 3.05) is 18.4 Å². The van der Waals surface area contributed by atoms with E-state index in [9.17, 15) is 18.0 Å². The van der Waals surface area contributed by atoms with Gasteiger partial charge in [-0.1, -0.05) is 36.4 Å². The van der Waals surface area contributed by atoms with E-state index in [0.29, 0.717) is 25.9 Å². The van der Waals surface area contributed by atoms with Gasteiger partial charge < -0.3 is 15.0 Å². The van der Waals surface area contributed by atoms with Crippen LogP contribution in [0.15, 0.2) is 48.5 Å². The van der Waals surface area contributed by atoms with E-state index < -0.39 is 11.7 Å². The number of fused-ring (bicyclic) bond motifs is 3. The van der Waals surface area contributed by atoms with Crippen LogP contribution in [0.5, 0.6) is 0 Å². The molecule has 2 fully saturated rings. The molecule has 0 spiro atoms. The number of ether oxygens (including phenoxy) is 1. The van der Waals surface area contributed by atoms with Gasteiger partial charge in [0.2, 0.25) is 0 Å². The van der Waals surface area contributed by atoms with Gasteiger partial charge >= 0.3 is 12.3 Å². The third-order valence-electron chi connectivity index (χ3n) is 6.53. The lowest BCUT2D eigenvalue weighted by Crippen LogP contribution is -2.48. The number of piperidine rings is 1. The second-order valence-corrected chi connectivity index (χ2v) is 8.76. The van der Waals surface area contributed by atoms with Gasteiger partial charge in [-0.05, 0) is 48.3 Å². The first-order valence-corrected chi connectivity index (χ1v) is 11.0. The number of hydrogen-bond donors (Lipinski definition) is 1. The number of anilines is 1. The molecular formula is C23H22F3N3O2S. The van der Waals surface area contributed by atoms with Crippen molar-refractivity contribution in [3.05, 3.63) is 65.2 Å². The van der Waals surface area contributed by atoms with Gasteiger partial charge in [0, 0.05) is 25.6 Å². The van der Waals surface area contributed by atoms with Crippen LogP contribution < -0.4 is 5.32 Å². The maximum absolute atomic E-state index is 13.3. The van der Waals surface area contributed by atoms with E-state index in [1.807, 2.05) is 21.9 Å². The summed E-state index contributed by atoms with van der Waals surface area (Å²) in [7, 11) is 0. The highest BCUT2D eigenvalue weighted by molar-refractivity contribution is 7.80. The maximum Gasteiger partial charge on any atom is 0.418 e. The number of carbonyl (C=O) groups is 1. The summed E-state index contributed by atoms with van der Waals surface area (Å²) in [5.41, 5.74) is 1.56. The maximum atomic E-state index is 13.3. The van der Waals surface area contributed by atoms with Crippen molar-refractivity contribution in [3.63, 3.8) is 0 Å². The van der Waals surface area contributed by atoms with Crippen molar-refractivity contribution < 1.29 is 22.7 Å². The Hall–Kier alpha value is -2.81. The van der Waals surface area contributed by atoms with Gasteiger partial charge in [0.05, 0.1) is 17.3 Å². The molecule has 0 saturated carbocycles. The lowest BCUT2D eigenvalue weighted by atomic mass is 9.99. The Kier molecular flexibility index (Phi) is 5.23. The molecule has 9 heteroatoms. The topological polar surface area (TPSA) is 44.8 Å². The number of hydrogen-bond acceptors (Lipinski definition) is 3. The quantitative estimate of drug-likeness (QED) is 0.639. The summed E-state index contributed by atoms with van der Waals surface area (Å²) in [6.45, 7) is 1.10. The second-order valence-electron chi connectivity index (χ2n) is 8.37. The van der Waals surface area contributed by atoms with Crippen LogP contribution in [-0.2, 0) is 17.3 Å². The lowest BCUT2D eigenvalue weighted by Gasteiger charge is -2.39. The molecule has 0 bridgehead atoms. The van der Waals surface area contributed by atoms with Crippen molar-refractivity contribution in [1.82, 2.24) is 9.80 Å². The first-order valence-electron chi connectivity index (χ1n) is 10.6. The van der Waals surface area contributed by atoms with Crippen LogP contribution in [0.3, 0.4) is 0 Å². The monoisotopic (exact) mass is 461 g/mol. The predicted octanol–water partition coefficient (Wildman–Crippen LogP) is 4.98. The summed E-state index contributed by atoms with van der Waals surface area (Å²) < 4.78 is 45.5. The molecule has 2 aromatic carbocycles.